The average Bonchev–Trinajstić information content (AvgIpc) is 2.90. The maximum absolute atomic E-state index is 12.8. The predicted molar refractivity (Wildman–Crippen MR) is 101 cm³/mol. The van der Waals surface area contributed by atoms with Crippen LogP contribution in [0.4, 0.5) is 10.5 Å². The number of nitrogens with one attached hydrogen (secondary N) is 1. The summed E-state index contributed by atoms with van der Waals surface area (Å²) in [5, 5.41) is 3.78. The van der Waals surface area contributed by atoms with Crippen molar-refractivity contribution in [3.8, 4) is 0 Å². The first-order chi connectivity index (χ1) is 11.8. The second kappa shape index (κ2) is 8.55. The molecule has 124 valence electrons. The first kappa shape index (κ1) is 16.6. The molecule has 3 rings (SSSR count). The maximum Gasteiger partial charge on any atom is 0.328 e. The number of benzene rings is 2. The van der Waals surface area contributed by atoms with E-state index >= 15 is 0 Å². The Hall–Kier alpha value is -2.27. The highest BCUT2D eigenvalue weighted by Crippen LogP contribution is 2.19. The number of carbonyl (C=O) groups is 1. The molecule has 5 heteroatoms. The molecule has 1 N–H and O–H groups in total. The van der Waals surface area contributed by atoms with Gasteiger partial charge in [-0.05, 0) is 30.5 Å². The Bertz CT molecular complexity index is 688. The number of para-hydroxylation sites is 1. The number of anilines is 1. The number of hydrogen-bond donors (Lipinski definition) is 1. The van der Waals surface area contributed by atoms with E-state index in [0.717, 1.165) is 41.6 Å². The Balaban J connectivity index is 1.80. The van der Waals surface area contributed by atoms with Crippen LogP contribution in [0.25, 0.3) is 0 Å². The molecule has 0 saturated carbocycles. The van der Waals surface area contributed by atoms with E-state index in [9.17, 15) is 4.79 Å². The van der Waals surface area contributed by atoms with Gasteiger partial charge in [-0.2, -0.15) is 0 Å². The van der Waals surface area contributed by atoms with Crippen molar-refractivity contribution in [3.63, 3.8) is 0 Å². The Kier molecular flexibility index (Phi) is 5.90. The van der Waals surface area contributed by atoms with Crippen molar-refractivity contribution in [2.24, 2.45) is 4.99 Å². The lowest BCUT2D eigenvalue weighted by atomic mass is 10.2. The topological polar surface area (TPSA) is 44.7 Å². The smallest absolute Gasteiger partial charge is 0.307 e. The molecule has 4 nitrogen and oxygen atoms in total. The van der Waals surface area contributed by atoms with Gasteiger partial charge in [-0.15, -0.1) is 0 Å². The number of urea groups is 1. The highest BCUT2D eigenvalue weighted by atomic mass is 32.2. The molecule has 0 radical (unpaired) electrons. The fourth-order valence-electron chi connectivity index (χ4n) is 2.47. The van der Waals surface area contributed by atoms with Gasteiger partial charge in [0.1, 0.15) is 0 Å². The van der Waals surface area contributed by atoms with Crippen LogP contribution >= 0.6 is 11.8 Å². The minimum atomic E-state index is -0.141. The Morgan fingerprint density at radius 2 is 1.75 bits per heavy atom. The zero-order valence-corrected chi connectivity index (χ0v) is 14.3. The number of aliphatic imine (C=N–C) groups is 1. The third-order valence-electron chi connectivity index (χ3n) is 3.72. The highest BCUT2D eigenvalue weighted by Gasteiger charge is 2.21. The summed E-state index contributed by atoms with van der Waals surface area (Å²) in [7, 11) is 0. The predicted octanol–water partition coefficient (Wildman–Crippen LogP) is 4.60. The molecule has 0 aliphatic carbocycles. The van der Waals surface area contributed by atoms with Crippen LogP contribution in [0, 0.1) is 0 Å². The number of carbonyl (C=O) groups excluding carboxylic acids is 1. The summed E-state index contributed by atoms with van der Waals surface area (Å²) in [4.78, 5) is 19.2. The minimum absolute atomic E-state index is 0.141. The Morgan fingerprint density at radius 1 is 1.04 bits per heavy atom. The summed E-state index contributed by atoms with van der Waals surface area (Å²) >= 11 is 1.67. The van der Waals surface area contributed by atoms with Gasteiger partial charge in [0, 0.05) is 18.0 Å². The van der Waals surface area contributed by atoms with Crippen molar-refractivity contribution < 1.29 is 4.79 Å². The van der Waals surface area contributed by atoms with Gasteiger partial charge in [-0.1, -0.05) is 60.3 Å². The fourth-order valence-corrected chi connectivity index (χ4v) is 3.48. The summed E-state index contributed by atoms with van der Waals surface area (Å²) in [5.41, 5.74) is 1.88. The SMILES string of the molecule is O=C(Nc1ccccc1)N(Cc1ccccc1)C1=NCCCCS1. The van der Waals surface area contributed by atoms with Crippen LogP contribution in [0.15, 0.2) is 65.7 Å². The first-order valence-electron chi connectivity index (χ1n) is 8.18. The molecule has 2 aromatic carbocycles. The monoisotopic (exact) mass is 339 g/mol. The molecule has 0 atom stereocenters. The molecule has 1 aliphatic heterocycles. The van der Waals surface area contributed by atoms with Crippen molar-refractivity contribution in [2.45, 2.75) is 19.4 Å². The molecule has 0 fully saturated rings. The third-order valence-corrected chi connectivity index (χ3v) is 4.82. The molecule has 1 heterocycles. The van der Waals surface area contributed by atoms with Crippen LogP contribution in [0.2, 0.25) is 0 Å². The van der Waals surface area contributed by atoms with Crippen LogP contribution in [0.1, 0.15) is 18.4 Å². The quantitative estimate of drug-likeness (QED) is 0.888. The van der Waals surface area contributed by atoms with Crippen molar-refractivity contribution in [3.05, 3.63) is 66.2 Å². The fraction of sp³-hybridized carbons (Fsp3) is 0.263. The van der Waals surface area contributed by atoms with E-state index in [4.69, 9.17) is 0 Å². The van der Waals surface area contributed by atoms with Gasteiger partial charge in [0.25, 0.3) is 0 Å². The van der Waals surface area contributed by atoms with Gasteiger partial charge in [0.05, 0.1) is 6.54 Å². The largest absolute Gasteiger partial charge is 0.328 e. The number of nitrogens with zero attached hydrogens (tertiary/aromatic N) is 2. The second-order valence-corrected chi connectivity index (χ2v) is 6.65. The molecular weight excluding hydrogens is 318 g/mol. The van der Waals surface area contributed by atoms with E-state index in [1.807, 2.05) is 60.7 Å². The van der Waals surface area contributed by atoms with Gasteiger partial charge in [0.2, 0.25) is 0 Å². The molecule has 2 aromatic rings. The second-order valence-electron chi connectivity index (χ2n) is 5.59. The van der Waals surface area contributed by atoms with Crippen LogP contribution in [-0.4, -0.2) is 28.4 Å². The molecular formula is C19H21N3OS. The van der Waals surface area contributed by atoms with E-state index in [2.05, 4.69) is 10.3 Å². The van der Waals surface area contributed by atoms with Crippen LogP contribution in [-0.2, 0) is 6.54 Å². The van der Waals surface area contributed by atoms with Crippen LogP contribution < -0.4 is 5.32 Å². The summed E-state index contributed by atoms with van der Waals surface area (Å²) in [5.74, 6) is 1.00. The summed E-state index contributed by atoms with van der Waals surface area (Å²) in [6, 6.07) is 19.4. The van der Waals surface area contributed by atoms with E-state index in [-0.39, 0.29) is 6.03 Å². The summed E-state index contributed by atoms with van der Waals surface area (Å²) < 4.78 is 0. The molecule has 0 saturated heterocycles. The molecule has 2 amide bonds. The van der Waals surface area contributed by atoms with Gasteiger partial charge < -0.3 is 5.32 Å². The zero-order valence-electron chi connectivity index (χ0n) is 13.5. The standard InChI is InChI=1S/C19H21N3OS/c23-18(21-17-11-5-2-6-12-17)22(15-16-9-3-1-4-10-16)19-20-13-7-8-14-24-19/h1-6,9-12H,7-8,13-15H2,(H,21,23). The minimum Gasteiger partial charge on any atom is -0.307 e. The molecule has 0 spiro atoms. The first-order valence-corrected chi connectivity index (χ1v) is 9.16. The molecule has 0 unspecified atom stereocenters. The number of amidine groups is 1. The molecule has 1 aliphatic rings. The van der Waals surface area contributed by atoms with Crippen molar-refractivity contribution in [1.29, 1.82) is 0 Å². The third kappa shape index (κ3) is 4.61. The van der Waals surface area contributed by atoms with Gasteiger partial charge in [0.15, 0.2) is 5.17 Å². The van der Waals surface area contributed by atoms with Crippen molar-refractivity contribution >= 4 is 28.6 Å². The number of thioether (sulfide) groups is 1. The molecule has 0 aromatic heterocycles. The van der Waals surface area contributed by atoms with E-state index in [0.29, 0.717) is 6.54 Å². The highest BCUT2D eigenvalue weighted by molar-refractivity contribution is 8.13. The molecule has 24 heavy (non-hydrogen) atoms. The number of amides is 2. The van der Waals surface area contributed by atoms with Gasteiger partial charge in [-0.25, -0.2) is 4.79 Å². The lowest BCUT2D eigenvalue weighted by molar-refractivity contribution is 0.233. The lowest BCUT2D eigenvalue weighted by Gasteiger charge is -2.24. The van der Waals surface area contributed by atoms with Crippen LogP contribution in [0.5, 0.6) is 0 Å². The van der Waals surface area contributed by atoms with E-state index in [1.165, 1.54) is 0 Å². The van der Waals surface area contributed by atoms with E-state index < -0.39 is 0 Å². The lowest BCUT2D eigenvalue weighted by Crippen LogP contribution is -2.38. The van der Waals surface area contributed by atoms with Gasteiger partial charge >= 0.3 is 6.03 Å². The molecule has 0 bridgehead atoms. The Morgan fingerprint density at radius 3 is 2.50 bits per heavy atom. The normalized spacial score (nSPS) is 14.4. The van der Waals surface area contributed by atoms with Crippen molar-refractivity contribution in [2.75, 3.05) is 17.6 Å². The number of rotatable bonds is 3. The van der Waals surface area contributed by atoms with E-state index in [1.54, 1.807) is 16.7 Å². The maximum atomic E-state index is 12.8. The average molecular weight is 339 g/mol. The van der Waals surface area contributed by atoms with Crippen LogP contribution in [0.3, 0.4) is 0 Å². The summed E-state index contributed by atoms with van der Waals surface area (Å²) in [6.07, 6.45) is 2.22. The van der Waals surface area contributed by atoms with Crippen molar-refractivity contribution in [1.82, 2.24) is 4.90 Å². The van der Waals surface area contributed by atoms with Gasteiger partial charge in [-0.3, -0.25) is 9.89 Å². The summed E-state index contributed by atoms with van der Waals surface area (Å²) in [6.45, 7) is 1.30. The Labute approximate surface area is 147 Å². The zero-order chi connectivity index (χ0) is 16.6. The number of hydrogen-bond acceptors (Lipinski definition) is 3.